The van der Waals surface area contributed by atoms with Crippen molar-refractivity contribution in [2.75, 3.05) is 19.7 Å². The highest BCUT2D eigenvalue weighted by atomic mass is 19.1. The zero-order valence-electron chi connectivity index (χ0n) is 16.2. The van der Waals surface area contributed by atoms with Crippen molar-refractivity contribution in [3.8, 4) is 0 Å². The molecule has 0 saturated carbocycles. The number of hydrogen-bond donors (Lipinski definition) is 1. The lowest BCUT2D eigenvalue weighted by Gasteiger charge is -2.58. The summed E-state index contributed by atoms with van der Waals surface area (Å²) in [4.78, 5) is 28.7. The van der Waals surface area contributed by atoms with Gasteiger partial charge in [-0.2, -0.15) is 0 Å². The van der Waals surface area contributed by atoms with Gasteiger partial charge in [-0.15, -0.1) is 0 Å². The van der Waals surface area contributed by atoms with E-state index in [4.69, 9.17) is 0 Å². The highest BCUT2D eigenvalue weighted by molar-refractivity contribution is 5.97. The van der Waals surface area contributed by atoms with Crippen molar-refractivity contribution in [3.63, 3.8) is 0 Å². The molecule has 2 heterocycles. The standard InChI is InChI=1S/C23H23FN2O3/c1-2-3-15-4-6-16(7-5-15)22-19-12-25(13-21(28)26(19)20(22)14-27)23(29)17-8-10-18(24)11-9-17/h2-11,19-20,22,27H,12-14H2,1H3/b3-2+/t19-,20-,22+/m1/s1. The fourth-order valence-electron chi connectivity index (χ4n) is 4.45. The zero-order valence-corrected chi connectivity index (χ0v) is 16.2. The maximum Gasteiger partial charge on any atom is 0.254 e. The summed E-state index contributed by atoms with van der Waals surface area (Å²) in [5, 5.41) is 9.87. The Balaban J connectivity index is 1.57. The normalized spacial score (nSPS) is 23.8. The third kappa shape index (κ3) is 3.44. The molecule has 4 rings (SSSR count). The van der Waals surface area contributed by atoms with Crippen molar-refractivity contribution in [2.45, 2.75) is 24.9 Å². The minimum absolute atomic E-state index is 0.0316. The lowest BCUT2D eigenvalue weighted by Crippen LogP contribution is -2.73. The van der Waals surface area contributed by atoms with Crippen LogP contribution in [0.15, 0.2) is 54.6 Å². The quantitative estimate of drug-likeness (QED) is 0.867. The van der Waals surface area contributed by atoms with Crippen molar-refractivity contribution >= 4 is 17.9 Å². The lowest BCUT2D eigenvalue weighted by molar-refractivity contribution is -0.159. The van der Waals surface area contributed by atoms with Gasteiger partial charge in [-0.25, -0.2) is 4.39 Å². The molecule has 2 fully saturated rings. The molecule has 0 unspecified atom stereocenters. The fourth-order valence-corrected chi connectivity index (χ4v) is 4.45. The third-order valence-electron chi connectivity index (χ3n) is 5.81. The predicted octanol–water partition coefficient (Wildman–Crippen LogP) is 2.67. The summed E-state index contributed by atoms with van der Waals surface area (Å²) in [6, 6.07) is 13.0. The average molecular weight is 394 g/mol. The first-order chi connectivity index (χ1) is 14.0. The fraction of sp³-hybridized carbons (Fsp3) is 0.304. The summed E-state index contributed by atoms with van der Waals surface area (Å²) in [6.45, 7) is 2.20. The minimum Gasteiger partial charge on any atom is -0.394 e. The maximum absolute atomic E-state index is 13.2. The molecule has 6 heteroatoms. The van der Waals surface area contributed by atoms with Crippen LogP contribution < -0.4 is 0 Å². The molecule has 2 amide bonds. The first-order valence-corrected chi connectivity index (χ1v) is 9.73. The second kappa shape index (κ2) is 7.79. The lowest BCUT2D eigenvalue weighted by atomic mass is 9.73. The number of carbonyl (C=O) groups excluding carboxylic acids is 2. The summed E-state index contributed by atoms with van der Waals surface area (Å²) >= 11 is 0. The van der Waals surface area contributed by atoms with Crippen molar-refractivity contribution in [2.24, 2.45) is 0 Å². The molecular weight excluding hydrogens is 371 g/mol. The molecule has 150 valence electrons. The topological polar surface area (TPSA) is 60.9 Å². The van der Waals surface area contributed by atoms with Crippen molar-refractivity contribution in [3.05, 3.63) is 77.1 Å². The molecule has 1 N–H and O–H groups in total. The van der Waals surface area contributed by atoms with E-state index in [1.54, 1.807) is 4.90 Å². The van der Waals surface area contributed by atoms with Crippen LogP contribution in [0.3, 0.4) is 0 Å². The highest BCUT2D eigenvalue weighted by Gasteiger charge is 2.54. The van der Waals surface area contributed by atoms with Gasteiger partial charge in [0.2, 0.25) is 5.91 Å². The Kier molecular flexibility index (Phi) is 5.20. The summed E-state index contributed by atoms with van der Waals surface area (Å²) in [5.74, 6) is -0.897. The minimum atomic E-state index is -0.409. The van der Waals surface area contributed by atoms with Crippen LogP contribution in [0.4, 0.5) is 4.39 Å². The molecule has 0 aromatic heterocycles. The van der Waals surface area contributed by atoms with Gasteiger partial charge in [0.15, 0.2) is 0 Å². The molecule has 2 aromatic carbocycles. The molecule has 0 radical (unpaired) electrons. The number of aliphatic hydroxyl groups excluding tert-OH is 1. The van der Waals surface area contributed by atoms with Crippen LogP contribution in [0.5, 0.6) is 0 Å². The smallest absolute Gasteiger partial charge is 0.254 e. The van der Waals surface area contributed by atoms with E-state index in [1.807, 2.05) is 43.3 Å². The third-order valence-corrected chi connectivity index (χ3v) is 5.81. The average Bonchev–Trinajstić information content (AvgIpc) is 2.71. The second-order valence-electron chi connectivity index (χ2n) is 7.50. The Hall–Kier alpha value is -2.99. The Bertz CT molecular complexity index is 940. The molecular formula is C23H23FN2O3. The number of hydrogen-bond acceptors (Lipinski definition) is 3. The van der Waals surface area contributed by atoms with Crippen LogP contribution >= 0.6 is 0 Å². The van der Waals surface area contributed by atoms with Gasteiger partial charge in [0.25, 0.3) is 5.91 Å². The van der Waals surface area contributed by atoms with Gasteiger partial charge in [0.1, 0.15) is 12.4 Å². The summed E-state index contributed by atoms with van der Waals surface area (Å²) in [5.41, 5.74) is 2.49. The largest absolute Gasteiger partial charge is 0.394 e. The van der Waals surface area contributed by atoms with Crippen molar-refractivity contribution in [1.82, 2.24) is 9.80 Å². The predicted molar refractivity (Wildman–Crippen MR) is 108 cm³/mol. The van der Waals surface area contributed by atoms with Gasteiger partial charge in [-0.1, -0.05) is 36.4 Å². The molecule has 29 heavy (non-hydrogen) atoms. The Labute approximate surface area is 169 Å². The Morgan fingerprint density at radius 1 is 1.17 bits per heavy atom. The molecule has 0 spiro atoms. The molecule has 2 aromatic rings. The number of fused-ring (bicyclic) bond motifs is 1. The van der Waals surface area contributed by atoms with Crippen LogP contribution in [-0.4, -0.2) is 58.5 Å². The van der Waals surface area contributed by atoms with Gasteiger partial charge in [-0.3, -0.25) is 9.59 Å². The van der Waals surface area contributed by atoms with E-state index < -0.39 is 5.82 Å². The van der Waals surface area contributed by atoms with Crippen molar-refractivity contribution in [1.29, 1.82) is 0 Å². The molecule has 0 bridgehead atoms. The maximum atomic E-state index is 13.2. The van der Waals surface area contributed by atoms with Crippen LogP contribution in [0.2, 0.25) is 0 Å². The van der Waals surface area contributed by atoms with Gasteiger partial charge < -0.3 is 14.9 Å². The number of amides is 2. The SMILES string of the molecule is C/C=C/c1ccc([C@@H]2[C@@H](CO)N3C(=O)CN(C(=O)c4ccc(F)cc4)C[C@H]23)cc1. The van der Waals surface area contributed by atoms with Gasteiger partial charge in [0.05, 0.1) is 18.7 Å². The molecule has 2 saturated heterocycles. The van der Waals surface area contributed by atoms with Gasteiger partial charge in [-0.05, 0) is 42.3 Å². The first-order valence-electron chi connectivity index (χ1n) is 9.73. The van der Waals surface area contributed by atoms with E-state index in [2.05, 4.69) is 0 Å². The number of allylic oxidation sites excluding steroid dienone is 1. The summed E-state index contributed by atoms with van der Waals surface area (Å²) in [7, 11) is 0. The molecule has 3 atom stereocenters. The van der Waals surface area contributed by atoms with Gasteiger partial charge >= 0.3 is 0 Å². The number of nitrogens with zero attached hydrogens (tertiary/aromatic N) is 2. The van der Waals surface area contributed by atoms with E-state index in [9.17, 15) is 19.1 Å². The van der Waals surface area contributed by atoms with E-state index >= 15 is 0 Å². The highest BCUT2D eigenvalue weighted by Crippen LogP contribution is 2.43. The molecule has 2 aliphatic rings. The molecule has 0 aliphatic carbocycles. The number of aliphatic hydroxyl groups is 1. The van der Waals surface area contributed by atoms with Gasteiger partial charge in [0, 0.05) is 18.0 Å². The summed E-state index contributed by atoms with van der Waals surface area (Å²) in [6.07, 6.45) is 3.98. The number of carbonyl (C=O) groups is 2. The van der Waals surface area contributed by atoms with Crippen molar-refractivity contribution < 1.29 is 19.1 Å². The first kappa shape index (κ1) is 19.3. The van der Waals surface area contributed by atoms with E-state index in [-0.39, 0.29) is 43.0 Å². The van der Waals surface area contributed by atoms with Crippen LogP contribution in [0, 0.1) is 5.82 Å². The Morgan fingerprint density at radius 2 is 1.86 bits per heavy atom. The zero-order chi connectivity index (χ0) is 20.5. The molecule has 2 aliphatic heterocycles. The van der Waals surface area contributed by atoms with Crippen LogP contribution in [0.1, 0.15) is 34.3 Å². The van der Waals surface area contributed by atoms with E-state index in [0.717, 1.165) is 11.1 Å². The number of halogens is 1. The number of piperazine rings is 1. The summed E-state index contributed by atoms with van der Waals surface area (Å²) < 4.78 is 13.2. The number of benzene rings is 2. The van der Waals surface area contributed by atoms with E-state index in [0.29, 0.717) is 12.1 Å². The van der Waals surface area contributed by atoms with Crippen LogP contribution in [0.25, 0.3) is 6.08 Å². The van der Waals surface area contributed by atoms with E-state index in [1.165, 1.54) is 29.2 Å². The van der Waals surface area contributed by atoms with Crippen LogP contribution in [-0.2, 0) is 4.79 Å². The molecule has 5 nitrogen and oxygen atoms in total. The Morgan fingerprint density at radius 3 is 2.48 bits per heavy atom. The number of rotatable bonds is 4. The monoisotopic (exact) mass is 394 g/mol. The second-order valence-corrected chi connectivity index (χ2v) is 7.50.